The van der Waals surface area contributed by atoms with E-state index in [1.807, 2.05) is 0 Å². The Morgan fingerprint density at radius 1 is 1.26 bits per heavy atom. The molecule has 0 saturated carbocycles. The summed E-state index contributed by atoms with van der Waals surface area (Å²) in [5, 5.41) is 0. The van der Waals surface area contributed by atoms with E-state index in [0.29, 0.717) is 0 Å². The van der Waals surface area contributed by atoms with Gasteiger partial charge in [0.05, 0.1) is 11.5 Å². The lowest BCUT2D eigenvalue weighted by atomic mass is 10.2. The summed E-state index contributed by atoms with van der Waals surface area (Å²) in [7, 11) is -3.82. The summed E-state index contributed by atoms with van der Waals surface area (Å²) in [6.07, 6.45) is 0. The summed E-state index contributed by atoms with van der Waals surface area (Å²) in [5.41, 5.74) is 5.24. The molecule has 0 atom stereocenters. The first-order chi connectivity index (χ1) is 8.86. The van der Waals surface area contributed by atoms with Crippen LogP contribution in [0, 0.1) is 0 Å². The third-order valence-electron chi connectivity index (χ3n) is 2.16. The van der Waals surface area contributed by atoms with Crippen LogP contribution < -0.4 is 10.5 Å². The highest BCUT2D eigenvalue weighted by Gasteiger charge is 2.16. The van der Waals surface area contributed by atoms with Crippen molar-refractivity contribution in [3.05, 3.63) is 29.8 Å². The Bertz CT molecular complexity index is 565. The Kier molecular flexibility index (Phi) is 5.02. The molecular weight excluding hydrogens is 272 g/mol. The van der Waals surface area contributed by atoms with Gasteiger partial charge in [0.25, 0.3) is 0 Å². The first-order valence-electron chi connectivity index (χ1n) is 5.42. The summed E-state index contributed by atoms with van der Waals surface area (Å²) in [5.74, 6) is -1.32. The van der Waals surface area contributed by atoms with Gasteiger partial charge in [-0.05, 0) is 31.2 Å². The summed E-state index contributed by atoms with van der Waals surface area (Å²) in [4.78, 5) is 21.8. The fourth-order valence-corrected chi connectivity index (χ4v) is 2.22. The van der Waals surface area contributed by atoms with Crippen LogP contribution in [-0.2, 0) is 19.6 Å². The lowest BCUT2D eigenvalue weighted by molar-refractivity contribution is -0.141. The molecule has 0 radical (unpaired) electrons. The van der Waals surface area contributed by atoms with Crippen molar-refractivity contribution >= 4 is 21.9 Å². The zero-order valence-corrected chi connectivity index (χ0v) is 11.1. The number of primary amides is 1. The fourth-order valence-electron chi connectivity index (χ4n) is 1.25. The van der Waals surface area contributed by atoms with Crippen molar-refractivity contribution in [2.24, 2.45) is 5.73 Å². The predicted octanol–water partition coefficient (Wildman–Crippen LogP) is -0.373. The molecule has 104 valence electrons. The highest BCUT2D eigenvalue weighted by atomic mass is 32.2. The van der Waals surface area contributed by atoms with Crippen LogP contribution in [0.2, 0.25) is 0 Å². The monoisotopic (exact) mass is 286 g/mol. The largest absolute Gasteiger partial charge is 0.465 e. The number of rotatable bonds is 6. The quantitative estimate of drug-likeness (QED) is 0.692. The van der Waals surface area contributed by atoms with E-state index in [1.54, 1.807) is 6.92 Å². The third kappa shape index (κ3) is 4.34. The van der Waals surface area contributed by atoms with Gasteiger partial charge in [-0.1, -0.05) is 0 Å². The molecule has 0 fully saturated rings. The lowest BCUT2D eigenvalue weighted by Gasteiger charge is -2.06. The molecule has 0 heterocycles. The molecule has 7 nitrogen and oxygen atoms in total. The molecule has 3 N–H and O–H groups in total. The first kappa shape index (κ1) is 15.1. The minimum Gasteiger partial charge on any atom is -0.465 e. The van der Waals surface area contributed by atoms with Crippen LogP contribution in [0.3, 0.4) is 0 Å². The van der Waals surface area contributed by atoms with Crippen LogP contribution >= 0.6 is 0 Å². The smallest absolute Gasteiger partial charge is 0.321 e. The molecular formula is C11H14N2O5S. The van der Waals surface area contributed by atoms with Crippen LogP contribution in [0.25, 0.3) is 0 Å². The van der Waals surface area contributed by atoms with E-state index >= 15 is 0 Å². The number of esters is 1. The predicted molar refractivity (Wildman–Crippen MR) is 66.8 cm³/mol. The molecule has 8 heteroatoms. The maximum atomic E-state index is 11.8. The number of amides is 1. The highest BCUT2D eigenvalue weighted by Crippen LogP contribution is 2.09. The van der Waals surface area contributed by atoms with Gasteiger partial charge < -0.3 is 10.5 Å². The van der Waals surface area contributed by atoms with Crippen LogP contribution in [0.1, 0.15) is 17.3 Å². The minimum atomic E-state index is -3.82. The van der Waals surface area contributed by atoms with E-state index in [-0.39, 0.29) is 17.1 Å². The first-order valence-corrected chi connectivity index (χ1v) is 6.90. The Morgan fingerprint density at radius 3 is 2.32 bits per heavy atom. The zero-order valence-electron chi connectivity index (χ0n) is 10.3. The van der Waals surface area contributed by atoms with Gasteiger partial charge in [-0.25, -0.2) is 8.42 Å². The second-order valence-corrected chi connectivity index (χ2v) is 5.29. The summed E-state index contributed by atoms with van der Waals surface area (Å²) in [6.45, 7) is 1.34. The van der Waals surface area contributed by atoms with Crippen LogP contribution in [0.15, 0.2) is 29.2 Å². The number of hydrogen-bond donors (Lipinski definition) is 2. The van der Waals surface area contributed by atoms with Gasteiger partial charge >= 0.3 is 5.97 Å². The van der Waals surface area contributed by atoms with Crippen LogP contribution in [0.5, 0.6) is 0 Å². The molecule has 1 amide bonds. The molecule has 0 aliphatic rings. The van der Waals surface area contributed by atoms with Crippen molar-refractivity contribution < 1.29 is 22.7 Å². The van der Waals surface area contributed by atoms with Gasteiger partial charge in [-0.15, -0.1) is 0 Å². The van der Waals surface area contributed by atoms with E-state index in [0.717, 1.165) is 0 Å². The molecule has 0 saturated heterocycles. The van der Waals surface area contributed by atoms with Gasteiger partial charge in [0.15, 0.2) is 0 Å². The molecule has 0 unspecified atom stereocenters. The average molecular weight is 286 g/mol. The van der Waals surface area contributed by atoms with E-state index in [1.165, 1.54) is 24.3 Å². The van der Waals surface area contributed by atoms with E-state index < -0.39 is 28.4 Å². The van der Waals surface area contributed by atoms with E-state index in [2.05, 4.69) is 9.46 Å². The summed E-state index contributed by atoms with van der Waals surface area (Å²) < 4.78 is 30.3. The molecule has 19 heavy (non-hydrogen) atoms. The molecule has 1 aromatic carbocycles. The topological polar surface area (TPSA) is 116 Å². The van der Waals surface area contributed by atoms with Crippen molar-refractivity contribution in [2.75, 3.05) is 13.2 Å². The van der Waals surface area contributed by atoms with Crippen LogP contribution in [0.4, 0.5) is 0 Å². The van der Waals surface area contributed by atoms with Gasteiger partial charge in [-0.2, -0.15) is 4.72 Å². The number of carbonyl (C=O) groups excluding carboxylic acids is 2. The van der Waals surface area contributed by atoms with E-state index in [4.69, 9.17) is 5.73 Å². The van der Waals surface area contributed by atoms with Crippen molar-refractivity contribution in [3.8, 4) is 0 Å². The Labute approximate surface area is 110 Å². The minimum absolute atomic E-state index is 0.0678. The molecule has 0 aliphatic carbocycles. The second kappa shape index (κ2) is 6.30. The molecule has 0 bridgehead atoms. The Hall–Kier alpha value is -1.93. The molecule has 1 aromatic rings. The van der Waals surface area contributed by atoms with Crippen molar-refractivity contribution in [1.29, 1.82) is 0 Å². The van der Waals surface area contributed by atoms with Gasteiger partial charge in [0.1, 0.15) is 6.54 Å². The maximum Gasteiger partial charge on any atom is 0.321 e. The van der Waals surface area contributed by atoms with Gasteiger partial charge in [0, 0.05) is 5.56 Å². The number of nitrogens with two attached hydrogens (primary N) is 1. The van der Waals surface area contributed by atoms with Gasteiger partial charge in [0.2, 0.25) is 15.9 Å². The second-order valence-electron chi connectivity index (χ2n) is 3.52. The molecule has 0 spiro atoms. The third-order valence-corrected chi connectivity index (χ3v) is 3.58. The van der Waals surface area contributed by atoms with Crippen molar-refractivity contribution in [3.63, 3.8) is 0 Å². The number of sulfonamides is 1. The number of nitrogens with one attached hydrogen (secondary N) is 1. The number of ether oxygens (including phenoxy) is 1. The summed E-state index contributed by atoms with van der Waals surface area (Å²) in [6, 6.07) is 5.05. The molecule has 0 aromatic heterocycles. The highest BCUT2D eigenvalue weighted by molar-refractivity contribution is 7.89. The fraction of sp³-hybridized carbons (Fsp3) is 0.273. The Balaban J connectivity index is 2.77. The summed E-state index contributed by atoms with van der Waals surface area (Å²) >= 11 is 0. The standard InChI is InChI=1S/C11H14N2O5S/c1-2-18-10(14)7-13-19(16,17)9-5-3-8(4-6-9)11(12)15/h3-6,13H,2,7H2,1H3,(H2,12,15). The normalized spacial score (nSPS) is 11.0. The maximum absolute atomic E-state index is 11.8. The lowest BCUT2D eigenvalue weighted by Crippen LogP contribution is -2.30. The van der Waals surface area contributed by atoms with Crippen molar-refractivity contribution in [1.82, 2.24) is 4.72 Å². The Morgan fingerprint density at radius 2 is 1.84 bits per heavy atom. The average Bonchev–Trinajstić information content (AvgIpc) is 2.37. The van der Waals surface area contributed by atoms with Gasteiger partial charge in [-0.3, -0.25) is 9.59 Å². The number of benzene rings is 1. The van der Waals surface area contributed by atoms with E-state index in [9.17, 15) is 18.0 Å². The SMILES string of the molecule is CCOC(=O)CNS(=O)(=O)c1ccc(C(N)=O)cc1. The molecule has 0 aliphatic heterocycles. The number of carbonyl (C=O) groups is 2. The van der Waals surface area contributed by atoms with Crippen LogP contribution in [-0.4, -0.2) is 33.4 Å². The zero-order chi connectivity index (χ0) is 14.5. The molecule has 1 rings (SSSR count). The van der Waals surface area contributed by atoms with Crippen molar-refractivity contribution in [2.45, 2.75) is 11.8 Å². The number of hydrogen-bond acceptors (Lipinski definition) is 5.